The Bertz CT molecular complexity index is 691. The average molecular weight is 294 g/mol. The monoisotopic (exact) mass is 294 g/mol. The number of hydrogen-bond acceptors (Lipinski definition) is 3. The molecular weight excluding hydrogens is 272 g/mol. The lowest BCUT2D eigenvalue weighted by Gasteiger charge is -2.23. The first kappa shape index (κ1) is 14.8. The van der Waals surface area contributed by atoms with Crippen LogP contribution in [0.15, 0.2) is 24.3 Å². The topological polar surface area (TPSA) is 44.9 Å². The average Bonchev–Trinajstić information content (AvgIpc) is 2.86. The summed E-state index contributed by atoms with van der Waals surface area (Å²) in [6, 6.07) is 9.99. The van der Waals surface area contributed by atoms with Crippen LogP contribution in [0.3, 0.4) is 0 Å². The molecule has 0 aliphatic carbocycles. The van der Waals surface area contributed by atoms with Crippen LogP contribution >= 0.6 is 0 Å². The van der Waals surface area contributed by atoms with E-state index >= 15 is 0 Å². The molecule has 1 aromatic carbocycles. The maximum absolute atomic E-state index is 8.89. The van der Waals surface area contributed by atoms with Crippen molar-refractivity contribution in [3.63, 3.8) is 0 Å². The van der Waals surface area contributed by atoms with Crippen molar-refractivity contribution in [3.8, 4) is 6.07 Å². The van der Waals surface area contributed by atoms with Gasteiger partial charge in [-0.25, -0.2) is 0 Å². The Labute approximate surface area is 132 Å². The van der Waals surface area contributed by atoms with Crippen LogP contribution < -0.4 is 0 Å². The van der Waals surface area contributed by atoms with Gasteiger partial charge in [-0.15, -0.1) is 0 Å². The molecule has 0 unspecified atom stereocenters. The minimum absolute atomic E-state index is 0.708. The first-order chi connectivity index (χ1) is 10.7. The Morgan fingerprint density at radius 3 is 2.73 bits per heavy atom. The minimum atomic E-state index is 0.708. The van der Waals surface area contributed by atoms with Crippen molar-refractivity contribution in [3.05, 3.63) is 52.3 Å². The fraction of sp³-hybridized carbons (Fsp3) is 0.444. The van der Waals surface area contributed by atoms with Crippen molar-refractivity contribution < 1.29 is 0 Å². The van der Waals surface area contributed by atoms with E-state index in [-0.39, 0.29) is 0 Å². The van der Waals surface area contributed by atoms with Crippen molar-refractivity contribution in [2.75, 3.05) is 13.6 Å². The highest BCUT2D eigenvalue weighted by atomic mass is 15.3. The summed E-state index contributed by atoms with van der Waals surface area (Å²) in [6.45, 7) is 5.11. The maximum atomic E-state index is 8.89. The van der Waals surface area contributed by atoms with Crippen LogP contribution in [-0.4, -0.2) is 28.3 Å². The minimum Gasteiger partial charge on any atom is -0.302 e. The zero-order valence-electron chi connectivity index (χ0n) is 13.3. The number of fused-ring (bicyclic) bond motifs is 1. The van der Waals surface area contributed by atoms with E-state index < -0.39 is 0 Å². The van der Waals surface area contributed by atoms with Gasteiger partial charge in [0, 0.05) is 30.8 Å². The molecule has 3 rings (SSSR count). The molecule has 4 heteroatoms. The molecule has 1 aromatic heterocycles. The normalized spacial score (nSPS) is 14.6. The summed E-state index contributed by atoms with van der Waals surface area (Å²) in [7, 11) is 2.18. The summed E-state index contributed by atoms with van der Waals surface area (Å²) in [4.78, 5) is 2.37. The van der Waals surface area contributed by atoms with Crippen LogP contribution in [0.1, 0.15) is 41.4 Å². The predicted octanol–water partition coefficient (Wildman–Crippen LogP) is 2.74. The SMILES string of the molecule is CCCc1nn(Cc2ccc(C#N)cc2)c2c1CN(C)CC2. The standard InChI is InChI=1S/C18H22N4/c1-3-4-17-16-13-21(2)10-9-18(16)22(20-17)12-15-7-5-14(11-19)6-8-15/h5-8H,3-4,9-10,12-13H2,1-2H3. The molecule has 2 heterocycles. The Morgan fingerprint density at radius 2 is 2.05 bits per heavy atom. The molecule has 0 amide bonds. The van der Waals surface area contributed by atoms with Gasteiger partial charge in [-0.2, -0.15) is 10.4 Å². The van der Waals surface area contributed by atoms with Gasteiger partial charge < -0.3 is 4.90 Å². The maximum Gasteiger partial charge on any atom is 0.0991 e. The number of likely N-dealkylation sites (N-methyl/N-ethyl adjacent to an activating group) is 1. The second-order valence-corrected chi connectivity index (χ2v) is 6.08. The smallest absolute Gasteiger partial charge is 0.0991 e. The number of hydrogen-bond donors (Lipinski definition) is 0. The van der Waals surface area contributed by atoms with Crippen LogP contribution in [0.4, 0.5) is 0 Å². The number of aromatic nitrogens is 2. The third-order valence-electron chi connectivity index (χ3n) is 4.31. The highest BCUT2D eigenvalue weighted by molar-refractivity contribution is 5.33. The van der Waals surface area contributed by atoms with Gasteiger partial charge in [0.1, 0.15) is 0 Å². The van der Waals surface area contributed by atoms with E-state index in [1.54, 1.807) is 0 Å². The van der Waals surface area contributed by atoms with Crippen LogP contribution in [0, 0.1) is 11.3 Å². The second kappa shape index (κ2) is 6.33. The zero-order chi connectivity index (χ0) is 15.5. The van der Waals surface area contributed by atoms with Gasteiger partial charge in [0.15, 0.2) is 0 Å². The van der Waals surface area contributed by atoms with Gasteiger partial charge >= 0.3 is 0 Å². The molecule has 0 spiro atoms. The van der Waals surface area contributed by atoms with Crippen molar-refractivity contribution in [2.45, 2.75) is 39.3 Å². The molecule has 4 nitrogen and oxygen atoms in total. The summed E-state index contributed by atoms with van der Waals surface area (Å²) in [5, 5.41) is 13.8. The third kappa shape index (κ3) is 2.90. The first-order valence-corrected chi connectivity index (χ1v) is 7.96. The van der Waals surface area contributed by atoms with Crippen LogP contribution in [0.5, 0.6) is 0 Å². The highest BCUT2D eigenvalue weighted by Crippen LogP contribution is 2.23. The fourth-order valence-corrected chi connectivity index (χ4v) is 3.12. The number of aryl methyl sites for hydroxylation is 1. The Kier molecular flexibility index (Phi) is 4.26. The molecule has 0 fully saturated rings. The molecule has 22 heavy (non-hydrogen) atoms. The van der Waals surface area contributed by atoms with Crippen LogP contribution in [0.25, 0.3) is 0 Å². The predicted molar refractivity (Wildman–Crippen MR) is 86.5 cm³/mol. The van der Waals surface area contributed by atoms with E-state index in [1.807, 2.05) is 24.3 Å². The van der Waals surface area contributed by atoms with E-state index in [2.05, 4.69) is 29.6 Å². The summed E-state index contributed by atoms with van der Waals surface area (Å²) >= 11 is 0. The summed E-state index contributed by atoms with van der Waals surface area (Å²) in [5.74, 6) is 0. The largest absolute Gasteiger partial charge is 0.302 e. The van der Waals surface area contributed by atoms with Gasteiger partial charge in [0.05, 0.1) is 23.9 Å². The van der Waals surface area contributed by atoms with Crippen molar-refractivity contribution in [2.24, 2.45) is 0 Å². The molecule has 2 aromatic rings. The molecule has 0 atom stereocenters. The lowest BCUT2D eigenvalue weighted by molar-refractivity contribution is 0.307. The van der Waals surface area contributed by atoms with Gasteiger partial charge in [0.2, 0.25) is 0 Å². The van der Waals surface area contributed by atoms with Crippen molar-refractivity contribution >= 4 is 0 Å². The lowest BCUT2D eigenvalue weighted by atomic mass is 10.0. The Hall–Kier alpha value is -2.12. The van der Waals surface area contributed by atoms with Gasteiger partial charge in [0.25, 0.3) is 0 Å². The molecule has 1 aliphatic heterocycles. The van der Waals surface area contributed by atoms with E-state index in [4.69, 9.17) is 10.4 Å². The lowest BCUT2D eigenvalue weighted by Crippen LogP contribution is -2.27. The molecule has 0 saturated carbocycles. The van der Waals surface area contributed by atoms with Gasteiger partial charge in [-0.05, 0) is 31.2 Å². The summed E-state index contributed by atoms with van der Waals surface area (Å²) in [5.41, 5.74) is 6.00. The molecule has 0 radical (unpaired) electrons. The summed E-state index contributed by atoms with van der Waals surface area (Å²) in [6.07, 6.45) is 3.25. The van der Waals surface area contributed by atoms with E-state index in [1.165, 1.54) is 22.5 Å². The van der Waals surface area contributed by atoms with Gasteiger partial charge in [-0.1, -0.05) is 25.5 Å². The van der Waals surface area contributed by atoms with Crippen LogP contribution in [0.2, 0.25) is 0 Å². The summed E-state index contributed by atoms with van der Waals surface area (Å²) < 4.78 is 2.18. The van der Waals surface area contributed by atoms with Crippen molar-refractivity contribution in [1.82, 2.24) is 14.7 Å². The highest BCUT2D eigenvalue weighted by Gasteiger charge is 2.22. The van der Waals surface area contributed by atoms with E-state index in [0.29, 0.717) is 5.56 Å². The molecule has 0 N–H and O–H groups in total. The van der Waals surface area contributed by atoms with Crippen LogP contribution in [-0.2, 0) is 25.9 Å². The molecular formula is C18H22N4. The Balaban J connectivity index is 1.90. The molecule has 0 bridgehead atoms. The van der Waals surface area contributed by atoms with Gasteiger partial charge in [-0.3, -0.25) is 4.68 Å². The zero-order valence-corrected chi connectivity index (χ0v) is 13.3. The molecule has 1 aliphatic rings. The number of benzene rings is 1. The number of rotatable bonds is 4. The molecule has 114 valence electrons. The fourth-order valence-electron chi connectivity index (χ4n) is 3.12. The third-order valence-corrected chi connectivity index (χ3v) is 4.31. The van der Waals surface area contributed by atoms with E-state index in [0.717, 1.165) is 38.9 Å². The number of nitrogens with zero attached hydrogens (tertiary/aromatic N) is 4. The second-order valence-electron chi connectivity index (χ2n) is 6.08. The number of nitriles is 1. The molecule has 0 saturated heterocycles. The first-order valence-electron chi connectivity index (χ1n) is 7.96. The Morgan fingerprint density at radius 1 is 1.27 bits per heavy atom. The van der Waals surface area contributed by atoms with E-state index in [9.17, 15) is 0 Å². The quantitative estimate of drug-likeness (QED) is 0.871. The van der Waals surface area contributed by atoms with Crippen molar-refractivity contribution in [1.29, 1.82) is 5.26 Å².